The van der Waals surface area contributed by atoms with Gasteiger partial charge in [0, 0.05) is 13.1 Å². The van der Waals surface area contributed by atoms with Gasteiger partial charge in [-0.05, 0) is 43.2 Å². The zero-order valence-corrected chi connectivity index (χ0v) is 14.7. The molecule has 1 fully saturated rings. The molecule has 0 spiro atoms. The van der Waals surface area contributed by atoms with Crippen LogP contribution in [0.1, 0.15) is 42.9 Å². The van der Waals surface area contributed by atoms with Crippen LogP contribution in [0.15, 0.2) is 24.3 Å². The molecule has 0 saturated heterocycles. The van der Waals surface area contributed by atoms with Crippen LogP contribution in [0.4, 0.5) is 0 Å². The number of aryl methyl sites for hydroxylation is 1. The van der Waals surface area contributed by atoms with E-state index in [2.05, 4.69) is 29.6 Å². The lowest BCUT2D eigenvalue weighted by molar-refractivity contribution is -0.863. The van der Waals surface area contributed by atoms with E-state index in [0.717, 1.165) is 37.0 Å². The van der Waals surface area contributed by atoms with Gasteiger partial charge < -0.3 is 15.1 Å². The van der Waals surface area contributed by atoms with E-state index in [4.69, 9.17) is 0 Å². The number of hydrogen-bond acceptors (Lipinski definition) is 2. The standard InChI is InChI=1S/C19H27N3O2/c1-21(12-18(23)20-15-10-11-15)13-19(24)22(2)17-9-5-7-14-6-3-4-8-16(14)17/h3-4,6,8,15,17H,5,7,9-13H2,1-2H3,(H,20,23)/p+1/t17-/m1/s1. The van der Waals surface area contributed by atoms with E-state index in [9.17, 15) is 9.59 Å². The number of carbonyl (C=O) groups is 2. The quantitative estimate of drug-likeness (QED) is 0.789. The fraction of sp³-hybridized carbons (Fsp3) is 0.579. The number of nitrogens with one attached hydrogen (secondary N) is 2. The fourth-order valence-corrected chi connectivity index (χ4v) is 3.53. The Bertz CT molecular complexity index is 612. The van der Waals surface area contributed by atoms with E-state index < -0.39 is 0 Å². The summed E-state index contributed by atoms with van der Waals surface area (Å²) in [6.07, 6.45) is 5.41. The molecule has 2 aliphatic rings. The van der Waals surface area contributed by atoms with Gasteiger partial charge in [0.2, 0.25) is 0 Å². The van der Waals surface area contributed by atoms with Crippen molar-refractivity contribution < 1.29 is 14.5 Å². The van der Waals surface area contributed by atoms with Crippen molar-refractivity contribution in [2.45, 2.75) is 44.2 Å². The van der Waals surface area contributed by atoms with Crippen LogP contribution in [0.5, 0.6) is 0 Å². The number of quaternary nitrogens is 1. The molecule has 1 saturated carbocycles. The molecule has 5 nitrogen and oxygen atoms in total. The average Bonchev–Trinajstić information content (AvgIpc) is 3.37. The second-order valence-corrected chi connectivity index (χ2v) is 7.26. The molecule has 1 aromatic rings. The van der Waals surface area contributed by atoms with Crippen LogP contribution < -0.4 is 10.2 Å². The summed E-state index contributed by atoms with van der Waals surface area (Å²) in [6, 6.07) is 8.97. The zero-order chi connectivity index (χ0) is 17.1. The lowest BCUT2D eigenvalue weighted by atomic mass is 9.87. The normalized spacial score (nSPS) is 20.8. The predicted molar refractivity (Wildman–Crippen MR) is 92.7 cm³/mol. The number of likely N-dealkylation sites (N-methyl/N-ethyl adjacent to an activating group) is 2. The van der Waals surface area contributed by atoms with Gasteiger partial charge in [0.1, 0.15) is 0 Å². The zero-order valence-electron chi connectivity index (χ0n) is 14.7. The maximum Gasteiger partial charge on any atom is 0.278 e. The van der Waals surface area contributed by atoms with Crippen LogP contribution in [0.25, 0.3) is 0 Å². The minimum absolute atomic E-state index is 0.0495. The van der Waals surface area contributed by atoms with E-state index in [1.807, 2.05) is 19.0 Å². The summed E-state index contributed by atoms with van der Waals surface area (Å²) in [6.45, 7) is 0.713. The Labute approximate surface area is 144 Å². The first kappa shape index (κ1) is 17.0. The first-order valence-electron chi connectivity index (χ1n) is 8.98. The van der Waals surface area contributed by atoms with Gasteiger partial charge in [0.25, 0.3) is 11.8 Å². The summed E-state index contributed by atoms with van der Waals surface area (Å²) in [5.74, 6) is 0.155. The second-order valence-electron chi connectivity index (χ2n) is 7.26. The fourth-order valence-electron chi connectivity index (χ4n) is 3.53. The van der Waals surface area contributed by atoms with Gasteiger partial charge in [0.15, 0.2) is 13.1 Å². The molecule has 0 aromatic heterocycles. The SMILES string of the molecule is CN(C(=O)C[NH+](C)CC(=O)NC1CC1)[C@@H]1CCCc2ccccc21. The molecule has 2 amide bonds. The smallest absolute Gasteiger partial charge is 0.278 e. The lowest BCUT2D eigenvalue weighted by Gasteiger charge is -2.33. The van der Waals surface area contributed by atoms with E-state index in [1.165, 1.54) is 11.1 Å². The van der Waals surface area contributed by atoms with Crippen LogP contribution in [0.2, 0.25) is 0 Å². The van der Waals surface area contributed by atoms with E-state index >= 15 is 0 Å². The number of amides is 2. The lowest BCUT2D eigenvalue weighted by Crippen LogP contribution is -3.11. The van der Waals surface area contributed by atoms with E-state index in [1.54, 1.807) is 0 Å². The molecule has 0 heterocycles. The summed E-state index contributed by atoms with van der Waals surface area (Å²) in [4.78, 5) is 27.3. The van der Waals surface area contributed by atoms with Crippen molar-refractivity contribution in [3.63, 3.8) is 0 Å². The van der Waals surface area contributed by atoms with Crippen molar-refractivity contribution in [2.75, 3.05) is 27.2 Å². The molecule has 2 atom stereocenters. The van der Waals surface area contributed by atoms with Crippen LogP contribution in [0.3, 0.4) is 0 Å². The molecule has 0 bridgehead atoms. The summed E-state index contributed by atoms with van der Waals surface area (Å²) < 4.78 is 0. The molecule has 5 heteroatoms. The maximum absolute atomic E-state index is 12.7. The van der Waals surface area contributed by atoms with Crippen molar-refractivity contribution in [3.05, 3.63) is 35.4 Å². The van der Waals surface area contributed by atoms with Gasteiger partial charge in [0.05, 0.1) is 13.1 Å². The number of nitrogens with zero attached hydrogens (tertiary/aromatic N) is 1. The number of fused-ring (bicyclic) bond motifs is 1. The number of hydrogen-bond donors (Lipinski definition) is 2. The van der Waals surface area contributed by atoms with Gasteiger partial charge in [-0.25, -0.2) is 0 Å². The minimum Gasteiger partial charge on any atom is -0.348 e. The van der Waals surface area contributed by atoms with E-state index in [0.29, 0.717) is 19.1 Å². The van der Waals surface area contributed by atoms with Gasteiger partial charge in [-0.3, -0.25) is 9.59 Å². The average molecular weight is 330 g/mol. The van der Waals surface area contributed by atoms with Crippen LogP contribution in [-0.2, 0) is 16.0 Å². The van der Waals surface area contributed by atoms with Crippen molar-refractivity contribution in [3.8, 4) is 0 Å². The molecule has 1 aromatic carbocycles. The third-order valence-electron chi connectivity index (χ3n) is 5.06. The van der Waals surface area contributed by atoms with Crippen molar-refractivity contribution >= 4 is 11.8 Å². The number of benzene rings is 1. The van der Waals surface area contributed by atoms with Crippen molar-refractivity contribution in [1.82, 2.24) is 10.2 Å². The Hall–Kier alpha value is -1.88. The topological polar surface area (TPSA) is 53.9 Å². The molecular formula is C19H28N3O2+. The van der Waals surface area contributed by atoms with Gasteiger partial charge >= 0.3 is 0 Å². The van der Waals surface area contributed by atoms with Crippen LogP contribution in [-0.4, -0.2) is 49.9 Å². The van der Waals surface area contributed by atoms with Gasteiger partial charge in [-0.1, -0.05) is 24.3 Å². The molecule has 24 heavy (non-hydrogen) atoms. The molecule has 0 radical (unpaired) electrons. The largest absolute Gasteiger partial charge is 0.348 e. The number of carbonyl (C=O) groups excluding carboxylic acids is 2. The molecule has 2 N–H and O–H groups in total. The van der Waals surface area contributed by atoms with Gasteiger partial charge in [-0.15, -0.1) is 0 Å². The van der Waals surface area contributed by atoms with Crippen molar-refractivity contribution in [2.24, 2.45) is 0 Å². The van der Waals surface area contributed by atoms with Crippen LogP contribution >= 0.6 is 0 Å². The Morgan fingerprint density at radius 2 is 1.96 bits per heavy atom. The Balaban J connectivity index is 1.55. The third-order valence-corrected chi connectivity index (χ3v) is 5.06. The maximum atomic E-state index is 12.7. The van der Waals surface area contributed by atoms with Crippen molar-refractivity contribution in [1.29, 1.82) is 0 Å². The third kappa shape index (κ3) is 4.15. The highest BCUT2D eigenvalue weighted by molar-refractivity contribution is 5.79. The predicted octanol–water partition coefficient (Wildman–Crippen LogP) is 0.316. The first-order valence-corrected chi connectivity index (χ1v) is 8.98. The molecule has 1 unspecified atom stereocenters. The molecule has 0 aliphatic heterocycles. The molecular weight excluding hydrogens is 302 g/mol. The number of rotatable bonds is 6. The monoisotopic (exact) mass is 330 g/mol. The molecule has 130 valence electrons. The summed E-state index contributed by atoms with van der Waals surface area (Å²) in [5.41, 5.74) is 2.64. The highest BCUT2D eigenvalue weighted by atomic mass is 16.2. The molecule has 2 aliphatic carbocycles. The first-order chi connectivity index (χ1) is 11.5. The van der Waals surface area contributed by atoms with Gasteiger partial charge in [-0.2, -0.15) is 0 Å². The second kappa shape index (κ2) is 7.34. The Kier molecular flexibility index (Phi) is 5.19. The molecule has 3 rings (SSSR count). The highest BCUT2D eigenvalue weighted by Crippen LogP contribution is 2.33. The highest BCUT2D eigenvalue weighted by Gasteiger charge is 2.29. The summed E-state index contributed by atoms with van der Waals surface area (Å²) in [5, 5.41) is 2.98. The Morgan fingerprint density at radius 1 is 1.21 bits per heavy atom. The van der Waals surface area contributed by atoms with Crippen LogP contribution in [0, 0.1) is 0 Å². The summed E-state index contributed by atoms with van der Waals surface area (Å²) >= 11 is 0. The minimum atomic E-state index is 0.0495. The van der Waals surface area contributed by atoms with E-state index in [-0.39, 0.29) is 17.9 Å². The Morgan fingerprint density at radius 3 is 2.71 bits per heavy atom. The summed E-state index contributed by atoms with van der Waals surface area (Å²) in [7, 11) is 3.81.